The van der Waals surface area contributed by atoms with Crippen LogP contribution < -0.4 is 4.31 Å². The van der Waals surface area contributed by atoms with Gasteiger partial charge in [-0.3, -0.25) is 14.4 Å². The Morgan fingerprint density at radius 2 is 1.91 bits per heavy atom. The SMILES string of the molecule is Cc1ccc(S(=O)(=O)N2CCc3ccccc32)cc1[N+](=O)[O-]. The van der Waals surface area contributed by atoms with Gasteiger partial charge < -0.3 is 0 Å². The van der Waals surface area contributed by atoms with Gasteiger partial charge in [-0.1, -0.05) is 24.3 Å². The number of hydrogen-bond donors (Lipinski definition) is 0. The van der Waals surface area contributed by atoms with E-state index in [9.17, 15) is 18.5 Å². The van der Waals surface area contributed by atoms with Gasteiger partial charge in [-0.25, -0.2) is 8.42 Å². The first-order valence-electron chi connectivity index (χ1n) is 6.77. The van der Waals surface area contributed by atoms with E-state index in [1.165, 1.54) is 16.4 Å². The van der Waals surface area contributed by atoms with Crippen LogP contribution in [-0.2, 0) is 16.4 Å². The number of aryl methyl sites for hydroxylation is 1. The molecule has 0 amide bonds. The lowest BCUT2D eigenvalue weighted by atomic mass is 10.2. The van der Waals surface area contributed by atoms with Crippen molar-refractivity contribution < 1.29 is 13.3 Å². The van der Waals surface area contributed by atoms with Crippen LogP contribution in [0.1, 0.15) is 11.1 Å². The molecule has 0 fully saturated rings. The molecular formula is C15H14N2O4S. The molecule has 0 N–H and O–H groups in total. The molecule has 0 saturated carbocycles. The van der Waals surface area contributed by atoms with Crippen LogP contribution >= 0.6 is 0 Å². The molecule has 0 atom stereocenters. The number of rotatable bonds is 3. The third kappa shape index (κ3) is 2.23. The first-order valence-corrected chi connectivity index (χ1v) is 8.21. The van der Waals surface area contributed by atoms with Gasteiger partial charge in [-0.05, 0) is 31.0 Å². The maximum Gasteiger partial charge on any atom is 0.273 e. The van der Waals surface area contributed by atoms with Crippen LogP contribution in [0.3, 0.4) is 0 Å². The van der Waals surface area contributed by atoms with Crippen LogP contribution in [0.5, 0.6) is 0 Å². The van der Waals surface area contributed by atoms with Gasteiger partial charge in [0.25, 0.3) is 15.7 Å². The molecule has 1 heterocycles. The third-order valence-electron chi connectivity index (χ3n) is 3.81. The zero-order valence-electron chi connectivity index (χ0n) is 11.9. The van der Waals surface area contributed by atoms with E-state index < -0.39 is 14.9 Å². The Labute approximate surface area is 128 Å². The molecule has 22 heavy (non-hydrogen) atoms. The van der Waals surface area contributed by atoms with Gasteiger partial charge in [0, 0.05) is 18.2 Å². The van der Waals surface area contributed by atoms with Crippen molar-refractivity contribution in [1.82, 2.24) is 0 Å². The van der Waals surface area contributed by atoms with Gasteiger partial charge >= 0.3 is 0 Å². The number of hydrogen-bond acceptors (Lipinski definition) is 4. The number of fused-ring (bicyclic) bond motifs is 1. The van der Waals surface area contributed by atoms with Crippen molar-refractivity contribution in [1.29, 1.82) is 0 Å². The van der Waals surface area contributed by atoms with Gasteiger partial charge in [-0.15, -0.1) is 0 Å². The third-order valence-corrected chi connectivity index (χ3v) is 5.62. The Bertz CT molecular complexity index is 862. The zero-order chi connectivity index (χ0) is 15.9. The number of sulfonamides is 1. The standard InChI is InChI=1S/C15H14N2O4S/c1-11-6-7-13(10-15(11)17(18)19)22(20,21)16-9-8-12-4-2-3-5-14(12)16/h2-7,10H,8-9H2,1H3. The predicted molar refractivity (Wildman–Crippen MR) is 82.5 cm³/mol. The summed E-state index contributed by atoms with van der Waals surface area (Å²) in [5.74, 6) is 0. The summed E-state index contributed by atoms with van der Waals surface area (Å²) in [5, 5.41) is 11.0. The first-order chi connectivity index (χ1) is 10.4. The highest BCUT2D eigenvalue weighted by molar-refractivity contribution is 7.92. The van der Waals surface area contributed by atoms with E-state index >= 15 is 0 Å². The number of nitro groups is 1. The average Bonchev–Trinajstić information content (AvgIpc) is 2.91. The lowest BCUT2D eigenvalue weighted by Gasteiger charge is -2.19. The predicted octanol–water partition coefficient (Wildman–Crippen LogP) is 2.65. The summed E-state index contributed by atoms with van der Waals surface area (Å²) in [7, 11) is -3.80. The molecule has 2 aromatic carbocycles. The minimum Gasteiger partial charge on any atom is -0.266 e. The first kappa shape index (κ1) is 14.5. The van der Waals surface area contributed by atoms with E-state index in [1.807, 2.05) is 12.1 Å². The van der Waals surface area contributed by atoms with Crippen molar-refractivity contribution in [2.24, 2.45) is 0 Å². The van der Waals surface area contributed by atoms with E-state index in [2.05, 4.69) is 0 Å². The lowest BCUT2D eigenvalue weighted by molar-refractivity contribution is -0.385. The molecule has 3 rings (SSSR count). The molecule has 0 spiro atoms. The van der Waals surface area contributed by atoms with Crippen LogP contribution in [-0.4, -0.2) is 19.9 Å². The van der Waals surface area contributed by atoms with Crippen molar-refractivity contribution in [3.63, 3.8) is 0 Å². The molecule has 7 heteroatoms. The zero-order valence-corrected chi connectivity index (χ0v) is 12.7. The maximum absolute atomic E-state index is 12.8. The van der Waals surface area contributed by atoms with E-state index in [0.29, 0.717) is 24.2 Å². The second-order valence-corrected chi connectivity index (χ2v) is 7.02. The molecule has 1 aliphatic heterocycles. The average molecular weight is 318 g/mol. The lowest BCUT2D eigenvalue weighted by Crippen LogP contribution is -2.29. The smallest absolute Gasteiger partial charge is 0.266 e. The Morgan fingerprint density at radius 3 is 2.64 bits per heavy atom. The van der Waals surface area contributed by atoms with Crippen molar-refractivity contribution >= 4 is 21.4 Å². The Kier molecular flexibility index (Phi) is 3.37. The summed E-state index contributed by atoms with van der Waals surface area (Å²) in [6.45, 7) is 1.93. The molecule has 0 saturated heterocycles. The van der Waals surface area contributed by atoms with Crippen molar-refractivity contribution in [3.8, 4) is 0 Å². The fourth-order valence-electron chi connectivity index (χ4n) is 2.63. The van der Waals surface area contributed by atoms with Crippen LogP contribution in [0.25, 0.3) is 0 Å². The van der Waals surface area contributed by atoms with E-state index in [-0.39, 0.29) is 10.6 Å². The monoisotopic (exact) mass is 318 g/mol. The molecule has 0 aromatic heterocycles. The van der Waals surface area contributed by atoms with Crippen LogP contribution in [0.4, 0.5) is 11.4 Å². The van der Waals surface area contributed by atoms with E-state index in [4.69, 9.17) is 0 Å². The molecule has 0 radical (unpaired) electrons. The molecule has 2 aromatic rings. The molecular weight excluding hydrogens is 304 g/mol. The summed E-state index contributed by atoms with van der Waals surface area (Å²) < 4.78 is 26.9. The summed E-state index contributed by atoms with van der Waals surface area (Å²) >= 11 is 0. The topological polar surface area (TPSA) is 80.5 Å². The largest absolute Gasteiger partial charge is 0.273 e. The van der Waals surface area contributed by atoms with Gasteiger partial charge in [0.1, 0.15) is 0 Å². The van der Waals surface area contributed by atoms with Gasteiger partial charge in [0.05, 0.1) is 15.5 Å². The number of nitrogens with zero attached hydrogens (tertiary/aromatic N) is 2. The minimum absolute atomic E-state index is 0.0542. The van der Waals surface area contributed by atoms with Gasteiger partial charge in [-0.2, -0.15) is 0 Å². The van der Waals surface area contributed by atoms with E-state index in [0.717, 1.165) is 11.6 Å². The molecule has 6 nitrogen and oxygen atoms in total. The summed E-state index contributed by atoms with van der Waals surface area (Å²) in [6.07, 6.45) is 0.642. The second-order valence-electron chi connectivity index (χ2n) is 5.16. The molecule has 1 aliphatic rings. The Hall–Kier alpha value is -2.41. The van der Waals surface area contributed by atoms with Crippen molar-refractivity contribution in [2.75, 3.05) is 10.8 Å². The Balaban J connectivity index is 2.09. The van der Waals surface area contributed by atoms with Crippen LogP contribution in [0.2, 0.25) is 0 Å². The highest BCUT2D eigenvalue weighted by Crippen LogP contribution is 2.33. The number of benzene rings is 2. The van der Waals surface area contributed by atoms with Crippen LogP contribution in [0, 0.1) is 17.0 Å². The Morgan fingerprint density at radius 1 is 1.18 bits per heavy atom. The van der Waals surface area contributed by atoms with Gasteiger partial charge in [0.15, 0.2) is 0 Å². The molecule has 0 bridgehead atoms. The maximum atomic E-state index is 12.8. The van der Waals surface area contributed by atoms with E-state index in [1.54, 1.807) is 19.1 Å². The highest BCUT2D eigenvalue weighted by Gasteiger charge is 2.31. The fourth-order valence-corrected chi connectivity index (χ4v) is 4.15. The fraction of sp³-hybridized carbons (Fsp3) is 0.200. The summed E-state index contributed by atoms with van der Waals surface area (Å²) in [6, 6.07) is 11.3. The second kappa shape index (κ2) is 5.10. The summed E-state index contributed by atoms with van der Waals surface area (Å²) in [5.41, 5.74) is 1.86. The normalized spacial score (nSPS) is 14.0. The van der Waals surface area contributed by atoms with Crippen molar-refractivity contribution in [3.05, 3.63) is 63.7 Å². The van der Waals surface area contributed by atoms with Gasteiger partial charge in [0.2, 0.25) is 0 Å². The van der Waals surface area contributed by atoms with Crippen molar-refractivity contribution in [2.45, 2.75) is 18.2 Å². The van der Waals surface area contributed by atoms with Crippen LogP contribution in [0.15, 0.2) is 47.4 Å². The summed E-state index contributed by atoms with van der Waals surface area (Å²) in [4.78, 5) is 10.4. The quantitative estimate of drug-likeness (QED) is 0.643. The highest BCUT2D eigenvalue weighted by atomic mass is 32.2. The number of anilines is 1. The molecule has 114 valence electrons. The molecule has 0 unspecified atom stereocenters. The minimum atomic E-state index is -3.80. The number of nitro benzene ring substituents is 1. The number of para-hydroxylation sites is 1. The molecule has 0 aliphatic carbocycles.